The van der Waals surface area contributed by atoms with Crippen molar-refractivity contribution in [2.75, 3.05) is 5.32 Å². The van der Waals surface area contributed by atoms with Gasteiger partial charge in [0.1, 0.15) is 0 Å². The average molecular weight is 353 g/mol. The van der Waals surface area contributed by atoms with Gasteiger partial charge in [-0.2, -0.15) is 0 Å². The Morgan fingerprint density at radius 2 is 1.81 bits per heavy atom. The van der Waals surface area contributed by atoms with Crippen molar-refractivity contribution in [2.45, 2.75) is 51.5 Å². The number of rotatable bonds is 3. The number of pyridine rings is 1. The summed E-state index contributed by atoms with van der Waals surface area (Å²) >= 11 is 3.26. The van der Waals surface area contributed by atoms with Gasteiger partial charge in [0.2, 0.25) is 0 Å². The minimum absolute atomic E-state index is 0.263. The average Bonchev–Trinajstić information content (AvgIpc) is 2.40. The second-order valence-electron chi connectivity index (χ2n) is 7.63. The van der Waals surface area contributed by atoms with Crippen molar-refractivity contribution in [3.05, 3.63) is 22.6 Å². The monoisotopic (exact) mass is 352 g/mol. The summed E-state index contributed by atoms with van der Waals surface area (Å²) in [6.07, 6.45) is 9.96. The second kappa shape index (κ2) is 4.94. The quantitative estimate of drug-likeness (QED) is 0.827. The molecular formula is C17H22BrFN2. The molecule has 5 rings (SSSR count). The first-order valence-electron chi connectivity index (χ1n) is 8.12. The Hall–Kier alpha value is -0.640. The van der Waals surface area contributed by atoms with Crippen molar-refractivity contribution in [1.29, 1.82) is 0 Å². The van der Waals surface area contributed by atoms with Gasteiger partial charge in [-0.3, -0.25) is 0 Å². The molecule has 0 radical (unpaired) electrons. The molecule has 0 amide bonds. The molecule has 1 atom stereocenters. The third-order valence-corrected chi connectivity index (χ3v) is 6.60. The van der Waals surface area contributed by atoms with Gasteiger partial charge in [-0.25, -0.2) is 9.37 Å². The number of nitrogens with one attached hydrogen (secondary N) is 1. The summed E-state index contributed by atoms with van der Waals surface area (Å²) in [5.41, 5.74) is 0.371. The third kappa shape index (κ3) is 2.39. The van der Waals surface area contributed by atoms with Crippen molar-refractivity contribution in [3.63, 3.8) is 0 Å². The Morgan fingerprint density at radius 1 is 1.24 bits per heavy atom. The molecule has 4 saturated carbocycles. The molecule has 1 N–H and O–H groups in total. The first kappa shape index (κ1) is 14.0. The highest BCUT2D eigenvalue weighted by Crippen LogP contribution is 2.61. The minimum atomic E-state index is -0.263. The molecule has 21 heavy (non-hydrogen) atoms. The number of aromatic nitrogens is 1. The van der Waals surface area contributed by atoms with Gasteiger partial charge in [-0.05, 0) is 90.6 Å². The van der Waals surface area contributed by atoms with Crippen LogP contribution in [0.1, 0.15) is 45.4 Å². The largest absolute Gasteiger partial charge is 0.365 e. The van der Waals surface area contributed by atoms with Crippen LogP contribution in [-0.2, 0) is 0 Å². The van der Waals surface area contributed by atoms with Gasteiger partial charge in [0, 0.05) is 16.7 Å². The fourth-order valence-electron chi connectivity index (χ4n) is 5.59. The molecular weight excluding hydrogens is 331 g/mol. The molecule has 1 heterocycles. The predicted molar refractivity (Wildman–Crippen MR) is 85.6 cm³/mol. The van der Waals surface area contributed by atoms with Crippen LogP contribution in [0, 0.1) is 29.0 Å². The van der Waals surface area contributed by atoms with Gasteiger partial charge >= 0.3 is 0 Å². The molecule has 4 aliphatic rings. The number of hydrogen-bond acceptors (Lipinski definition) is 2. The molecule has 4 bridgehead atoms. The van der Waals surface area contributed by atoms with Crippen molar-refractivity contribution in [2.24, 2.45) is 23.2 Å². The molecule has 4 heteroatoms. The van der Waals surface area contributed by atoms with Gasteiger partial charge in [0.25, 0.3) is 0 Å². The van der Waals surface area contributed by atoms with Gasteiger partial charge in [-0.1, -0.05) is 0 Å². The van der Waals surface area contributed by atoms with Crippen LogP contribution in [0.25, 0.3) is 0 Å². The zero-order valence-electron chi connectivity index (χ0n) is 12.4. The van der Waals surface area contributed by atoms with E-state index in [1.807, 2.05) is 0 Å². The van der Waals surface area contributed by atoms with Crippen molar-refractivity contribution < 1.29 is 4.39 Å². The second-order valence-corrected chi connectivity index (χ2v) is 8.55. The van der Waals surface area contributed by atoms with Crippen molar-refractivity contribution in [1.82, 2.24) is 4.98 Å². The maximum Gasteiger partial charge on any atom is 0.166 e. The van der Waals surface area contributed by atoms with E-state index in [9.17, 15) is 4.39 Å². The third-order valence-electron chi connectivity index (χ3n) is 6.17. The molecule has 4 fully saturated rings. The molecule has 1 unspecified atom stereocenters. The topological polar surface area (TPSA) is 24.9 Å². The molecule has 114 valence electrons. The number of nitrogens with zero attached hydrogens (tertiary/aromatic N) is 1. The zero-order chi connectivity index (χ0) is 14.6. The molecule has 1 aromatic heterocycles. The van der Waals surface area contributed by atoms with E-state index in [1.165, 1.54) is 44.6 Å². The van der Waals surface area contributed by atoms with E-state index in [0.29, 0.717) is 21.7 Å². The summed E-state index contributed by atoms with van der Waals surface area (Å²) in [6.45, 7) is 2.23. The van der Waals surface area contributed by atoms with Crippen LogP contribution in [0.3, 0.4) is 0 Å². The fraction of sp³-hybridized carbons (Fsp3) is 0.706. The first-order valence-corrected chi connectivity index (χ1v) is 8.91. The van der Waals surface area contributed by atoms with E-state index in [-0.39, 0.29) is 5.82 Å². The smallest absolute Gasteiger partial charge is 0.166 e. The Labute approximate surface area is 134 Å². The highest BCUT2D eigenvalue weighted by atomic mass is 79.9. The fourth-order valence-corrected chi connectivity index (χ4v) is 5.89. The van der Waals surface area contributed by atoms with Crippen LogP contribution in [0.4, 0.5) is 10.2 Å². The maximum absolute atomic E-state index is 14.0. The van der Waals surface area contributed by atoms with E-state index in [2.05, 4.69) is 33.2 Å². The zero-order valence-corrected chi connectivity index (χ0v) is 14.0. The lowest BCUT2D eigenvalue weighted by atomic mass is 9.48. The normalized spacial score (nSPS) is 38.5. The molecule has 0 spiro atoms. The summed E-state index contributed by atoms with van der Waals surface area (Å²) in [6, 6.07) is 1.79. The van der Waals surface area contributed by atoms with Gasteiger partial charge in [-0.15, -0.1) is 0 Å². The van der Waals surface area contributed by atoms with Crippen LogP contribution >= 0.6 is 15.9 Å². The minimum Gasteiger partial charge on any atom is -0.365 e. The predicted octanol–water partition coefficient (Wildman–Crippen LogP) is 5.00. The molecule has 4 aliphatic carbocycles. The Morgan fingerprint density at radius 3 is 2.33 bits per heavy atom. The van der Waals surface area contributed by atoms with Crippen LogP contribution in [0.5, 0.6) is 0 Å². The number of anilines is 1. The summed E-state index contributed by atoms with van der Waals surface area (Å²) in [5, 5.41) is 3.39. The van der Waals surface area contributed by atoms with Crippen molar-refractivity contribution >= 4 is 21.7 Å². The van der Waals surface area contributed by atoms with E-state index in [0.717, 1.165) is 17.8 Å². The van der Waals surface area contributed by atoms with Crippen LogP contribution < -0.4 is 5.32 Å². The molecule has 2 nitrogen and oxygen atoms in total. The standard InChI is InChI=1S/C17H22BrFN2/c1-10(21-16-15(19)5-14(18)9-20-16)17-6-11-2-12(7-17)4-13(3-11)8-17/h5,9-13H,2-4,6-8H2,1H3,(H,20,21). The van der Waals surface area contributed by atoms with Gasteiger partial charge < -0.3 is 5.32 Å². The Bertz CT molecular complexity index is 524. The highest BCUT2D eigenvalue weighted by Gasteiger charge is 2.53. The first-order chi connectivity index (χ1) is 10.0. The van der Waals surface area contributed by atoms with Gasteiger partial charge in [0.05, 0.1) is 0 Å². The summed E-state index contributed by atoms with van der Waals surface area (Å²) in [7, 11) is 0. The molecule has 0 saturated heterocycles. The lowest BCUT2D eigenvalue weighted by molar-refractivity contribution is -0.0603. The molecule has 1 aromatic rings. The van der Waals surface area contributed by atoms with Gasteiger partial charge in [0.15, 0.2) is 11.6 Å². The van der Waals surface area contributed by atoms with Crippen LogP contribution in [0.15, 0.2) is 16.7 Å². The van der Waals surface area contributed by atoms with Crippen LogP contribution in [-0.4, -0.2) is 11.0 Å². The molecule has 0 aliphatic heterocycles. The highest BCUT2D eigenvalue weighted by molar-refractivity contribution is 9.10. The lowest BCUT2D eigenvalue weighted by Crippen LogP contribution is -2.53. The maximum atomic E-state index is 14.0. The Kier molecular flexibility index (Phi) is 3.29. The number of hydrogen-bond donors (Lipinski definition) is 1. The van der Waals surface area contributed by atoms with E-state index < -0.39 is 0 Å². The van der Waals surface area contributed by atoms with E-state index in [4.69, 9.17) is 0 Å². The lowest BCUT2D eigenvalue weighted by Gasteiger charge is -2.59. The van der Waals surface area contributed by atoms with Crippen molar-refractivity contribution in [3.8, 4) is 0 Å². The Balaban J connectivity index is 1.56. The van der Waals surface area contributed by atoms with E-state index in [1.54, 1.807) is 6.20 Å². The van der Waals surface area contributed by atoms with E-state index >= 15 is 0 Å². The van der Waals surface area contributed by atoms with Crippen LogP contribution in [0.2, 0.25) is 0 Å². The summed E-state index contributed by atoms with van der Waals surface area (Å²) in [5.74, 6) is 2.90. The number of halogens is 2. The summed E-state index contributed by atoms with van der Waals surface area (Å²) in [4.78, 5) is 4.21. The molecule has 0 aromatic carbocycles. The summed E-state index contributed by atoms with van der Waals surface area (Å²) < 4.78 is 14.7. The SMILES string of the molecule is CC(Nc1ncc(Br)cc1F)C12CC3CC(CC(C3)C1)C2.